The maximum absolute atomic E-state index is 11.6. The van der Waals surface area contributed by atoms with Crippen LogP contribution in [0.25, 0.3) is 0 Å². The van der Waals surface area contributed by atoms with E-state index in [0.717, 1.165) is 5.56 Å². The first-order valence-electron chi connectivity index (χ1n) is 4.14. The van der Waals surface area contributed by atoms with Crippen LogP contribution in [0, 0.1) is 0 Å². The van der Waals surface area contributed by atoms with E-state index in [-0.39, 0.29) is 11.8 Å². The molecule has 0 amide bonds. The zero-order valence-electron chi connectivity index (χ0n) is 6.95. The lowest BCUT2D eigenvalue weighted by molar-refractivity contribution is 0.0988. The molecule has 1 fully saturated rings. The van der Waals surface area contributed by atoms with Crippen LogP contribution in [-0.2, 0) is 0 Å². The molecule has 2 heteroatoms. The third-order valence-electron chi connectivity index (χ3n) is 2.17. The molecule has 0 saturated carbocycles. The maximum atomic E-state index is 11.6. The monoisotopic (exact) mass is 161 g/mol. The summed E-state index contributed by atoms with van der Waals surface area (Å²) in [6.45, 7) is 2.02. The second-order valence-corrected chi connectivity index (χ2v) is 3.16. The number of rotatable bonds is 2. The van der Waals surface area contributed by atoms with Gasteiger partial charge in [-0.1, -0.05) is 30.3 Å². The summed E-state index contributed by atoms with van der Waals surface area (Å²) in [5, 5.41) is 3.08. The maximum Gasteiger partial charge on any atom is 0.181 e. The zero-order chi connectivity index (χ0) is 8.55. The van der Waals surface area contributed by atoms with Gasteiger partial charge in [0.15, 0.2) is 5.78 Å². The molecule has 0 bridgehead atoms. The summed E-state index contributed by atoms with van der Waals surface area (Å²) in [5.74, 6) is 0.211. The zero-order valence-corrected chi connectivity index (χ0v) is 6.95. The molecule has 1 saturated heterocycles. The molecule has 0 unspecified atom stereocenters. The van der Waals surface area contributed by atoms with Gasteiger partial charge in [-0.3, -0.25) is 4.79 Å². The summed E-state index contributed by atoms with van der Waals surface area (Å²) < 4.78 is 0. The second-order valence-electron chi connectivity index (χ2n) is 3.16. The molecule has 12 heavy (non-hydrogen) atoms. The van der Waals surface area contributed by atoms with E-state index in [4.69, 9.17) is 0 Å². The van der Waals surface area contributed by atoms with Gasteiger partial charge in [-0.25, -0.2) is 0 Å². The number of carbonyl (C=O) groups is 1. The molecule has 62 valence electrons. The quantitative estimate of drug-likeness (QED) is 0.523. The minimum Gasteiger partial charge on any atom is -0.301 e. The molecule has 0 aliphatic carbocycles. The fraction of sp³-hybridized carbons (Fsp3) is 0.300. The number of Topliss-reactive ketones (excluding diaryl/α,β-unsaturated/α-hetero) is 1. The Hall–Kier alpha value is -1.15. The molecule has 2 rings (SSSR count). The number of nitrogens with one attached hydrogen (secondary N) is 1. The summed E-state index contributed by atoms with van der Waals surface area (Å²) >= 11 is 0. The normalized spacial score (nSPS) is 26.8. The molecule has 1 aromatic carbocycles. The van der Waals surface area contributed by atoms with Crippen LogP contribution < -0.4 is 5.32 Å². The molecule has 1 aliphatic rings. The lowest BCUT2D eigenvalue weighted by Gasteiger charge is -1.95. The summed E-state index contributed by atoms with van der Waals surface area (Å²) in [7, 11) is 0. The van der Waals surface area contributed by atoms with Crippen LogP contribution in [-0.4, -0.2) is 17.9 Å². The molecular formula is C10H11NO. The number of carbonyl (C=O) groups excluding carboxylic acids is 1. The van der Waals surface area contributed by atoms with Gasteiger partial charge in [0.05, 0.1) is 6.04 Å². The molecule has 2 nitrogen and oxygen atoms in total. The van der Waals surface area contributed by atoms with Crippen molar-refractivity contribution < 1.29 is 4.79 Å². The molecule has 2 atom stereocenters. The van der Waals surface area contributed by atoms with Gasteiger partial charge >= 0.3 is 0 Å². The van der Waals surface area contributed by atoms with Crippen LogP contribution in [0.4, 0.5) is 0 Å². The molecule has 0 aromatic heterocycles. The lowest BCUT2D eigenvalue weighted by Crippen LogP contribution is -2.10. The number of hydrogen-bond acceptors (Lipinski definition) is 2. The Labute approximate surface area is 71.6 Å². The van der Waals surface area contributed by atoms with Crippen molar-refractivity contribution in [2.24, 2.45) is 0 Å². The highest BCUT2D eigenvalue weighted by Gasteiger charge is 2.38. The number of ketones is 1. The van der Waals surface area contributed by atoms with Crippen molar-refractivity contribution in [1.82, 2.24) is 5.32 Å². The average molecular weight is 161 g/mol. The fourth-order valence-corrected chi connectivity index (χ4v) is 1.31. The van der Waals surface area contributed by atoms with Gasteiger partial charge in [0.1, 0.15) is 0 Å². The molecule has 0 radical (unpaired) electrons. The van der Waals surface area contributed by atoms with E-state index in [1.54, 1.807) is 0 Å². The van der Waals surface area contributed by atoms with Crippen LogP contribution in [0.2, 0.25) is 0 Å². The van der Waals surface area contributed by atoms with E-state index in [2.05, 4.69) is 5.32 Å². The SMILES string of the molecule is C[C@@H]1N[C@H]1C(=O)c1ccccc1. The lowest BCUT2D eigenvalue weighted by atomic mass is 10.1. The minimum atomic E-state index is 0.0624. The number of benzene rings is 1. The van der Waals surface area contributed by atoms with E-state index < -0.39 is 0 Å². The Morgan fingerprint density at radius 2 is 1.92 bits per heavy atom. The topological polar surface area (TPSA) is 39.0 Å². The molecule has 1 N–H and O–H groups in total. The Morgan fingerprint density at radius 3 is 2.42 bits per heavy atom. The Morgan fingerprint density at radius 1 is 1.33 bits per heavy atom. The first kappa shape index (κ1) is 7.50. The van der Waals surface area contributed by atoms with E-state index in [1.807, 2.05) is 37.3 Å². The Kier molecular flexibility index (Phi) is 1.70. The van der Waals surface area contributed by atoms with Crippen LogP contribution in [0.1, 0.15) is 17.3 Å². The minimum absolute atomic E-state index is 0.0624. The van der Waals surface area contributed by atoms with Gasteiger partial charge in [0.25, 0.3) is 0 Å². The van der Waals surface area contributed by atoms with Gasteiger partial charge in [-0.05, 0) is 6.92 Å². The van der Waals surface area contributed by atoms with E-state index >= 15 is 0 Å². The third-order valence-corrected chi connectivity index (χ3v) is 2.17. The van der Waals surface area contributed by atoms with E-state index in [1.165, 1.54) is 0 Å². The van der Waals surface area contributed by atoms with Crippen molar-refractivity contribution in [1.29, 1.82) is 0 Å². The van der Waals surface area contributed by atoms with Gasteiger partial charge in [0.2, 0.25) is 0 Å². The molecule has 0 spiro atoms. The molecular weight excluding hydrogens is 150 g/mol. The average Bonchev–Trinajstić information content (AvgIpc) is 2.83. The van der Waals surface area contributed by atoms with Crippen molar-refractivity contribution in [3.8, 4) is 0 Å². The number of hydrogen-bond donors (Lipinski definition) is 1. The summed E-state index contributed by atoms with van der Waals surface area (Å²) in [4.78, 5) is 11.6. The van der Waals surface area contributed by atoms with Crippen LogP contribution >= 0.6 is 0 Å². The predicted octanol–water partition coefficient (Wildman–Crippen LogP) is 1.23. The highest BCUT2D eigenvalue weighted by Crippen LogP contribution is 2.15. The summed E-state index contributed by atoms with van der Waals surface area (Å²) in [5.41, 5.74) is 0.805. The van der Waals surface area contributed by atoms with Crippen LogP contribution in [0.3, 0.4) is 0 Å². The van der Waals surface area contributed by atoms with Gasteiger partial charge in [-0.15, -0.1) is 0 Å². The van der Waals surface area contributed by atoms with E-state index in [9.17, 15) is 4.79 Å². The van der Waals surface area contributed by atoms with Crippen molar-refractivity contribution in [3.05, 3.63) is 35.9 Å². The van der Waals surface area contributed by atoms with E-state index in [0.29, 0.717) is 6.04 Å². The van der Waals surface area contributed by atoms with Gasteiger partial charge in [0, 0.05) is 11.6 Å². The predicted molar refractivity (Wildman–Crippen MR) is 47.2 cm³/mol. The standard InChI is InChI=1S/C10H11NO/c1-7-9(11-7)10(12)8-5-3-2-4-6-8/h2-7,9,11H,1H3/t7-,9+/m0/s1. The Balaban J connectivity index is 2.16. The molecule has 1 aliphatic heterocycles. The van der Waals surface area contributed by atoms with Gasteiger partial charge in [-0.2, -0.15) is 0 Å². The highest BCUT2D eigenvalue weighted by molar-refractivity contribution is 6.02. The fourth-order valence-electron chi connectivity index (χ4n) is 1.31. The van der Waals surface area contributed by atoms with Crippen LogP contribution in [0.15, 0.2) is 30.3 Å². The van der Waals surface area contributed by atoms with Crippen molar-refractivity contribution in [2.45, 2.75) is 19.0 Å². The largest absolute Gasteiger partial charge is 0.301 e. The van der Waals surface area contributed by atoms with Crippen molar-refractivity contribution >= 4 is 5.78 Å². The first-order chi connectivity index (χ1) is 5.79. The Bertz CT molecular complexity index is 294. The van der Waals surface area contributed by atoms with Crippen molar-refractivity contribution in [3.63, 3.8) is 0 Å². The summed E-state index contributed by atoms with van der Waals surface area (Å²) in [6, 6.07) is 9.83. The summed E-state index contributed by atoms with van der Waals surface area (Å²) in [6.07, 6.45) is 0. The highest BCUT2D eigenvalue weighted by atomic mass is 16.1. The third kappa shape index (κ3) is 1.25. The van der Waals surface area contributed by atoms with Crippen molar-refractivity contribution in [2.75, 3.05) is 0 Å². The molecule has 1 aromatic rings. The van der Waals surface area contributed by atoms with Gasteiger partial charge < -0.3 is 5.32 Å². The second kappa shape index (κ2) is 2.72. The first-order valence-corrected chi connectivity index (χ1v) is 4.14. The smallest absolute Gasteiger partial charge is 0.181 e. The molecule has 1 heterocycles. The van der Waals surface area contributed by atoms with Crippen LogP contribution in [0.5, 0.6) is 0 Å².